The Morgan fingerprint density at radius 1 is 0.949 bits per heavy atom. The lowest BCUT2D eigenvalue weighted by atomic mass is 10.2. The lowest BCUT2D eigenvalue weighted by molar-refractivity contribution is -0.118. The minimum Gasteiger partial charge on any atom is -0.493 e. The van der Waals surface area contributed by atoms with Crippen LogP contribution < -0.4 is 29.7 Å². The van der Waals surface area contributed by atoms with Gasteiger partial charge >= 0.3 is 0 Å². The number of methoxy groups -OCH3 is 1. The second-order valence-electron chi connectivity index (χ2n) is 8.38. The summed E-state index contributed by atoms with van der Waals surface area (Å²) in [4.78, 5) is 24.9. The maximum atomic E-state index is 12.6. The molecule has 0 fully saturated rings. The van der Waals surface area contributed by atoms with Gasteiger partial charge in [-0.2, -0.15) is 5.10 Å². The lowest BCUT2D eigenvalue weighted by Gasteiger charge is -2.13. The van der Waals surface area contributed by atoms with Crippen LogP contribution in [0.1, 0.15) is 41.8 Å². The van der Waals surface area contributed by atoms with Crippen LogP contribution in [0.15, 0.2) is 59.7 Å². The van der Waals surface area contributed by atoms with Crippen LogP contribution in [-0.2, 0) is 4.79 Å². The van der Waals surface area contributed by atoms with Crippen LogP contribution in [0.3, 0.4) is 0 Å². The minimum absolute atomic E-state index is 0.216. The molecular formula is C29H32ClN3O6. The second kappa shape index (κ2) is 14.6. The summed E-state index contributed by atoms with van der Waals surface area (Å²) in [6.45, 7) is 6.55. The third kappa shape index (κ3) is 8.65. The van der Waals surface area contributed by atoms with Crippen LogP contribution in [0.25, 0.3) is 0 Å². The molecule has 0 saturated carbocycles. The summed E-state index contributed by atoms with van der Waals surface area (Å²) >= 11 is 6.40. The molecule has 0 aliphatic carbocycles. The van der Waals surface area contributed by atoms with Gasteiger partial charge in [0.2, 0.25) is 0 Å². The first-order chi connectivity index (χ1) is 18.8. The number of carbonyl (C=O) groups is 2. The summed E-state index contributed by atoms with van der Waals surface area (Å²) in [5.74, 6) is 0.822. The van der Waals surface area contributed by atoms with Crippen molar-refractivity contribution in [3.63, 3.8) is 0 Å². The highest BCUT2D eigenvalue weighted by molar-refractivity contribution is 6.32. The average Bonchev–Trinajstić information content (AvgIpc) is 2.92. The first-order valence-corrected chi connectivity index (χ1v) is 12.8. The number of benzene rings is 3. The zero-order chi connectivity index (χ0) is 28.2. The number of carbonyl (C=O) groups excluding carboxylic acids is 2. The normalized spacial score (nSPS) is 10.7. The van der Waals surface area contributed by atoms with Crippen LogP contribution >= 0.6 is 11.6 Å². The predicted octanol–water partition coefficient (Wildman–Crippen LogP) is 5.63. The molecule has 3 aromatic rings. The number of nitrogens with zero attached hydrogens (tertiary/aromatic N) is 1. The summed E-state index contributed by atoms with van der Waals surface area (Å²) in [7, 11) is 1.46. The molecule has 0 atom stereocenters. The molecule has 2 N–H and O–H groups in total. The van der Waals surface area contributed by atoms with E-state index >= 15 is 0 Å². The Bertz CT molecular complexity index is 1310. The van der Waals surface area contributed by atoms with Crippen LogP contribution in [0.4, 0.5) is 5.69 Å². The van der Waals surface area contributed by atoms with Crippen molar-refractivity contribution in [2.75, 3.05) is 32.2 Å². The molecule has 0 unspecified atom stereocenters. The number of halogens is 1. The third-order valence-corrected chi connectivity index (χ3v) is 5.56. The molecule has 0 spiro atoms. The first kappa shape index (κ1) is 29.3. The molecule has 0 bridgehead atoms. The second-order valence-corrected chi connectivity index (χ2v) is 8.79. The van der Waals surface area contributed by atoms with Gasteiger partial charge in [0.05, 0.1) is 31.6 Å². The van der Waals surface area contributed by atoms with E-state index in [2.05, 4.69) is 15.8 Å². The highest BCUT2D eigenvalue weighted by Gasteiger charge is 2.15. The number of anilines is 1. The van der Waals surface area contributed by atoms with E-state index in [1.165, 1.54) is 13.3 Å². The number of amides is 2. The maximum absolute atomic E-state index is 12.6. The van der Waals surface area contributed by atoms with Gasteiger partial charge in [0.1, 0.15) is 0 Å². The molecule has 3 aromatic carbocycles. The van der Waals surface area contributed by atoms with Crippen LogP contribution in [0, 0.1) is 6.92 Å². The SMILES string of the molecule is CCCOc1ccc(C(=O)N/N=C/c2cc(Cl)c(OCC(=O)Nc3ccc(C)cc3)c(OC)c2)cc1OCC. The Morgan fingerprint density at radius 2 is 1.72 bits per heavy atom. The van der Waals surface area contributed by atoms with Crippen molar-refractivity contribution < 1.29 is 28.5 Å². The van der Waals surface area contributed by atoms with Crippen LogP contribution in [-0.4, -0.2) is 45.0 Å². The van der Waals surface area contributed by atoms with Gasteiger partial charge in [-0.1, -0.05) is 36.2 Å². The lowest BCUT2D eigenvalue weighted by Crippen LogP contribution is -2.20. The monoisotopic (exact) mass is 553 g/mol. The Balaban J connectivity index is 1.63. The Labute approximate surface area is 233 Å². The molecule has 2 amide bonds. The molecule has 0 aromatic heterocycles. The van der Waals surface area contributed by atoms with Crippen molar-refractivity contribution in [1.29, 1.82) is 0 Å². The average molecular weight is 554 g/mol. The number of hydrogen-bond donors (Lipinski definition) is 2. The van der Waals surface area contributed by atoms with Gasteiger partial charge in [-0.25, -0.2) is 5.43 Å². The van der Waals surface area contributed by atoms with Crippen molar-refractivity contribution in [1.82, 2.24) is 5.43 Å². The molecule has 0 aliphatic heterocycles. The zero-order valence-electron chi connectivity index (χ0n) is 22.4. The predicted molar refractivity (Wildman–Crippen MR) is 152 cm³/mol. The van der Waals surface area contributed by atoms with Gasteiger partial charge in [0.25, 0.3) is 11.8 Å². The van der Waals surface area contributed by atoms with E-state index in [0.29, 0.717) is 47.3 Å². The molecule has 0 heterocycles. The number of aryl methyl sites for hydroxylation is 1. The van der Waals surface area contributed by atoms with E-state index in [-0.39, 0.29) is 23.3 Å². The molecule has 10 heteroatoms. The van der Waals surface area contributed by atoms with E-state index in [1.54, 1.807) is 30.3 Å². The third-order valence-electron chi connectivity index (χ3n) is 5.28. The fourth-order valence-corrected chi connectivity index (χ4v) is 3.68. The van der Waals surface area contributed by atoms with Crippen LogP contribution in [0.2, 0.25) is 5.02 Å². The van der Waals surface area contributed by atoms with Crippen molar-refractivity contribution in [2.45, 2.75) is 27.2 Å². The Kier molecular flexibility index (Phi) is 11.0. The summed E-state index contributed by atoms with van der Waals surface area (Å²) < 4.78 is 22.3. The minimum atomic E-state index is -0.424. The first-order valence-electron chi connectivity index (χ1n) is 12.4. The topological polar surface area (TPSA) is 107 Å². The molecule has 206 valence electrons. The number of rotatable bonds is 13. The largest absolute Gasteiger partial charge is 0.493 e. The highest BCUT2D eigenvalue weighted by atomic mass is 35.5. The molecule has 9 nitrogen and oxygen atoms in total. The van der Waals surface area contributed by atoms with Gasteiger partial charge < -0.3 is 24.3 Å². The summed E-state index contributed by atoms with van der Waals surface area (Å²) in [6, 6.07) is 15.6. The van der Waals surface area contributed by atoms with Gasteiger partial charge in [0.15, 0.2) is 29.6 Å². The standard InChI is InChI=1S/C29H32ClN3O6/c1-5-13-38-24-12-9-21(16-25(24)37-6-2)29(35)33-31-17-20-14-23(30)28(26(15-20)36-4)39-18-27(34)32-22-10-7-19(3)8-11-22/h7-12,14-17H,5-6,13,18H2,1-4H3,(H,32,34)(H,33,35)/b31-17+. The Morgan fingerprint density at radius 3 is 2.41 bits per heavy atom. The summed E-state index contributed by atoms with van der Waals surface area (Å²) in [6.07, 6.45) is 2.27. The molecule has 0 aliphatic rings. The molecule has 3 rings (SSSR count). The van der Waals surface area contributed by atoms with Crippen molar-refractivity contribution >= 4 is 35.3 Å². The number of ether oxygens (including phenoxy) is 4. The number of hydrogen-bond acceptors (Lipinski definition) is 7. The van der Waals surface area contributed by atoms with Crippen molar-refractivity contribution in [2.24, 2.45) is 5.10 Å². The van der Waals surface area contributed by atoms with E-state index in [9.17, 15) is 9.59 Å². The fraction of sp³-hybridized carbons (Fsp3) is 0.276. The number of hydrazone groups is 1. The van der Waals surface area contributed by atoms with E-state index in [4.69, 9.17) is 30.5 Å². The maximum Gasteiger partial charge on any atom is 0.271 e. The van der Waals surface area contributed by atoms with Gasteiger partial charge in [0, 0.05) is 11.3 Å². The molecule has 39 heavy (non-hydrogen) atoms. The van der Waals surface area contributed by atoms with Gasteiger partial charge in [-0.05, 0) is 68.3 Å². The number of nitrogens with one attached hydrogen (secondary N) is 2. The van der Waals surface area contributed by atoms with E-state index < -0.39 is 5.91 Å². The fourth-order valence-electron chi connectivity index (χ4n) is 3.40. The van der Waals surface area contributed by atoms with Crippen molar-refractivity contribution in [3.8, 4) is 23.0 Å². The highest BCUT2D eigenvalue weighted by Crippen LogP contribution is 2.36. The summed E-state index contributed by atoms with van der Waals surface area (Å²) in [5.41, 5.74) is 5.15. The van der Waals surface area contributed by atoms with E-state index in [1.807, 2.05) is 45.0 Å². The zero-order valence-corrected chi connectivity index (χ0v) is 23.1. The van der Waals surface area contributed by atoms with E-state index in [0.717, 1.165) is 12.0 Å². The molecule has 0 radical (unpaired) electrons. The van der Waals surface area contributed by atoms with Crippen LogP contribution in [0.5, 0.6) is 23.0 Å². The smallest absolute Gasteiger partial charge is 0.271 e. The molecular weight excluding hydrogens is 522 g/mol. The summed E-state index contributed by atoms with van der Waals surface area (Å²) in [5, 5.41) is 7.00. The van der Waals surface area contributed by atoms with Gasteiger partial charge in [-0.3, -0.25) is 9.59 Å². The molecule has 0 saturated heterocycles. The quantitative estimate of drug-likeness (QED) is 0.210. The van der Waals surface area contributed by atoms with Gasteiger partial charge in [-0.15, -0.1) is 0 Å². The Hall–Kier alpha value is -4.24. The van der Waals surface area contributed by atoms with Crippen molar-refractivity contribution in [3.05, 3.63) is 76.3 Å².